The maximum Gasteiger partial charge on any atom is 0.200 e. The van der Waals surface area contributed by atoms with Gasteiger partial charge in [0.1, 0.15) is 0 Å². The van der Waals surface area contributed by atoms with Gasteiger partial charge in [0.2, 0.25) is 0 Å². The van der Waals surface area contributed by atoms with Gasteiger partial charge in [0.05, 0.1) is 5.69 Å². The SMILES string of the molecule is CN1C(=CC=C2c3cc(N)ccc3-c3ccc(N)cc32)Oc2ccccc21. The van der Waals surface area contributed by atoms with Crippen LogP contribution in [0.5, 0.6) is 5.75 Å². The molecule has 1 aliphatic carbocycles. The van der Waals surface area contributed by atoms with Gasteiger partial charge in [-0.3, -0.25) is 0 Å². The Morgan fingerprint density at radius 3 is 2.04 bits per heavy atom. The molecule has 0 saturated heterocycles. The van der Waals surface area contributed by atoms with Gasteiger partial charge in [0.15, 0.2) is 11.6 Å². The fraction of sp³-hybridized carbons (Fsp3) is 0.0435. The van der Waals surface area contributed by atoms with Crippen molar-refractivity contribution in [2.24, 2.45) is 0 Å². The predicted molar refractivity (Wildman–Crippen MR) is 111 cm³/mol. The predicted octanol–water partition coefficient (Wildman–Crippen LogP) is 4.63. The Labute approximate surface area is 158 Å². The first-order valence-corrected chi connectivity index (χ1v) is 8.84. The van der Waals surface area contributed by atoms with Crippen LogP contribution in [0.25, 0.3) is 16.7 Å². The van der Waals surface area contributed by atoms with E-state index in [4.69, 9.17) is 16.2 Å². The molecular weight excluding hydrogens is 334 g/mol. The lowest BCUT2D eigenvalue weighted by molar-refractivity contribution is 0.444. The molecule has 0 saturated carbocycles. The molecule has 3 aromatic rings. The minimum Gasteiger partial charge on any atom is -0.439 e. The van der Waals surface area contributed by atoms with E-state index in [9.17, 15) is 0 Å². The Morgan fingerprint density at radius 2 is 1.41 bits per heavy atom. The molecule has 4 N–H and O–H groups in total. The second-order valence-corrected chi connectivity index (χ2v) is 6.82. The summed E-state index contributed by atoms with van der Waals surface area (Å²) in [5.74, 6) is 1.65. The molecule has 1 heterocycles. The van der Waals surface area contributed by atoms with E-state index >= 15 is 0 Å². The number of hydrogen-bond donors (Lipinski definition) is 2. The van der Waals surface area contributed by atoms with Crippen LogP contribution >= 0.6 is 0 Å². The molecule has 132 valence electrons. The first kappa shape index (κ1) is 15.6. The molecule has 2 aliphatic rings. The normalized spacial score (nSPS) is 15.4. The van der Waals surface area contributed by atoms with Crippen LogP contribution in [0.4, 0.5) is 17.1 Å². The lowest BCUT2D eigenvalue weighted by Gasteiger charge is -2.10. The zero-order valence-corrected chi connectivity index (χ0v) is 14.9. The first-order valence-electron chi connectivity index (χ1n) is 8.84. The number of nitrogen functional groups attached to an aromatic ring is 2. The molecule has 0 fully saturated rings. The number of anilines is 3. The van der Waals surface area contributed by atoms with E-state index in [0.29, 0.717) is 0 Å². The standard InChI is InChI=1S/C23H19N3O/c1-26-21-4-2-3-5-22(21)27-23(26)11-10-18-19-12-14(24)6-8-16(19)17-9-7-15(25)13-20(17)18/h2-13H,24-25H2,1H3. The summed E-state index contributed by atoms with van der Waals surface area (Å²) in [6.45, 7) is 0. The molecule has 0 spiro atoms. The molecule has 4 heteroatoms. The Bertz CT molecular complexity index is 1090. The van der Waals surface area contributed by atoms with E-state index in [1.165, 1.54) is 11.1 Å². The lowest BCUT2D eigenvalue weighted by Crippen LogP contribution is -2.12. The van der Waals surface area contributed by atoms with Gasteiger partial charge in [0, 0.05) is 18.4 Å². The lowest BCUT2D eigenvalue weighted by atomic mass is 10.0. The minimum atomic E-state index is 0.745. The molecule has 27 heavy (non-hydrogen) atoms. The second kappa shape index (κ2) is 5.68. The molecular formula is C23H19N3O. The maximum atomic E-state index is 6.06. The van der Waals surface area contributed by atoms with Gasteiger partial charge < -0.3 is 21.1 Å². The van der Waals surface area contributed by atoms with Gasteiger partial charge >= 0.3 is 0 Å². The fourth-order valence-corrected chi connectivity index (χ4v) is 3.78. The highest BCUT2D eigenvalue weighted by molar-refractivity contribution is 6.03. The Hall–Kier alpha value is -3.66. The van der Waals surface area contributed by atoms with E-state index in [2.05, 4.69) is 18.2 Å². The number of nitrogens with zero attached hydrogens (tertiary/aromatic N) is 1. The van der Waals surface area contributed by atoms with Gasteiger partial charge in [-0.15, -0.1) is 0 Å². The molecule has 0 aromatic heterocycles. The van der Waals surface area contributed by atoms with Crippen LogP contribution in [-0.2, 0) is 0 Å². The molecule has 4 nitrogen and oxygen atoms in total. The van der Waals surface area contributed by atoms with Crippen LogP contribution in [0.1, 0.15) is 11.1 Å². The van der Waals surface area contributed by atoms with Crippen molar-refractivity contribution >= 4 is 22.6 Å². The van der Waals surface area contributed by atoms with E-state index in [1.54, 1.807) is 0 Å². The van der Waals surface area contributed by atoms with Crippen LogP contribution in [0.15, 0.2) is 78.7 Å². The number of ether oxygens (including phenoxy) is 1. The fourth-order valence-electron chi connectivity index (χ4n) is 3.78. The number of rotatable bonds is 1. The molecule has 0 radical (unpaired) electrons. The van der Waals surface area contributed by atoms with Crippen molar-refractivity contribution in [1.82, 2.24) is 0 Å². The van der Waals surface area contributed by atoms with Crippen molar-refractivity contribution in [2.75, 3.05) is 23.4 Å². The van der Waals surface area contributed by atoms with Crippen LogP contribution < -0.4 is 21.1 Å². The smallest absolute Gasteiger partial charge is 0.200 e. The van der Waals surface area contributed by atoms with Crippen LogP contribution in [-0.4, -0.2) is 7.05 Å². The van der Waals surface area contributed by atoms with Crippen molar-refractivity contribution in [1.29, 1.82) is 0 Å². The Kier molecular flexibility index (Phi) is 3.28. The Morgan fingerprint density at radius 1 is 0.778 bits per heavy atom. The topological polar surface area (TPSA) is 64.5 Å². The van der Waals surface area contributed by atoms with E-state index < -0.39 is 0 Å². The number of nitrogens with two attached hydrogens (primary N) is 2. The van der Waals surface area contributed by atoms with Crippen molar-refractivity contribution in [2.45, 2.75) is 0 Å². The summed E-state index contributed by atoms with van der Waals surface area (Å²) in [7, 11) is 2.00. The van der Waals surface area contributed by atoms with Crippen molar-refractivity contribution < 1.29 is 4.74 Å². The number of para-hydroxylation sites is 2. The Balaban J connectivity index is 1.63. The third-order valence-corrected chi connectivity index (χ3v) is 5.12. The third kappa shape index (κ3) is 2.38. The highest BCUT2D eigenvalue weighted by atomic mass is 16.5. The zero-order chi connectivity index (χ0) is 18.5. The number of allylic oxidation sites excluding steroid dienone is 2. The number of hydrogen-bond acceptors (Lipinski definition) is 4. The summed E-state index contributed by atoms with van der Waals surface area (Å²) in [5, 5.41) is 0. The largest absolute Gasteiger partial charge is 0.439 e. The van der Waals surface area contributed by atoms with Gasteiger partial charge in [-0.1, -0.05) is 24.3 Å². The molecule has 0 bridgehead atoms. The van der Waals surface area contributed by atoms with Gasteiger partial charge in [-0.2, -0.15) is 0 Å². The first-order chi connectivity index (χ1) is 13.1. The van der Waals surface area contributed by atoms with Gasteiger partial charge in [0.25, 0.3) is 0 Å². The summed E-state index contributed by atoms with van der Waals surface area (Å²) in [6.07, 6.45) is 4.09. The van der Waals surface area contributed by atoms with Crippen LogP contribution in [0, 0.1) is 0 Å². The highest BCUT2D eigenvalue weighted by Crippen LogP contribution is 2.46. The molecule has 0 unspecified atom stereocenters. The number of benzene rings is 3. The average molecular weight is 353 g/mol. The molecule has 0 amide bonds. The summed E-state index contributed by atoms with van der Waals surface area (Å²) in [6, 6.07) is 20.1. The van der Waals surface area contributed by atoms with Crippen molar-refractivity contribution in [3.05, 3.63) is 89.8 Å². The summed E-state index contributed by atoms with van der Waals surface area (Å²) >= 11 is 0. The van der Waals surface area contributed by atoms with E-state index in [-0.39, 0.29) is 0 Å². The van der Waals surface area contributed by atoms with E-state index in [1.807, 2.05) is 66.6 Å². The molecule has 5 rings (SSSR count). The van der Waals surface area contributed by atoms with E-state index in [0.717, 1.165) is 45.4 Å². The monoisotopic (exact) mass is 353 g/mol. The molecule has 3 aromatic carbocycles. The van der Waals surface area contributed by atoms with Crippen molar-refractivity contribution in [3.63, 3.8) is 0 Å². The van der Waals surface area contributed by atoms with Crippen LogP contribution in [0.2, 0.25) is 0 Å². The average Bonchev–Trinajstić information content (AvgIpc) is 3.14. The van der Waals surface area contributed by atoms with Crippen molar-refractivity contribution in [3.8, 4) is 16.9 Å². The van der Waals surface area contributed by atoms with Gasteiger partial charge in [-0.25, -0.2) is 0 Å². The summed E-state index contributed by atoms with van der Waals surface area (Å²) in [5.41, 5.74) is 20.3. The number of fused-ring (bicyclic) bond motifs is 4. The zero-order valence-electron chi connectivity index (χ0n) is 14.9. The maximum absolute atomic E-state index is 6.06. The second-order valence-electron chi connectivity index (χ2n) is 6.82. The quantitative estimate of drug-likeness (QED) is 0.490. The highest BCUT2D eigenvalue weighted by Gasteiger charge is 2.25. The summed E-state index contributed by atoms with van der Waals surface area (Å²) in [4.78, 5) is 2.04. The minimum absolute atomic E-state index is 0.745. The van der Waals surface area contributed by atoms with Crippen LogP contribution in [0.3, 0.4) is 0 Å². The molecule has 1 aliphatic heterocycles. The van der Waals surface area contributed by atoms with Gasteiger partial charge in [-0.05, 0) is 76.4 Å². The third-order valence-electron chi connectivity index (χ3n) is 5.12. The summed E-state index contributed by atoms with van der Waals surface area (Å²) < 4.78 is 6.00. The molecule has 0 atom stereocenters.